The molecule has 70 valence electrons. The van der Waals surface area contributed by atoms with E-state index in [-0.39, 0.29) is 0 Å². The van der Waals surface area contributed by atoms with Crippen molar-refractivity contribution in [2.75, 3.05) is 0 Å². The topological polar surface area (TPSA) is 17.1 Å². The fourth-order valence-electron chi connectivity index (χ4n) is 1.61. The Morgan fingerprint density at radius 3 is 2.50 bits per heavy atom. The molecule has 2 rings (SSSR count). The Balaban J connectivity index is 2.63. The molecule has 0 amide bonds. The van der Waals surface area contributed by atoms with Gasteiger partial charge in [-0.3, -0.25) is 4.79 Å². The second kappa shape index (κ2) is 3.62. The summed E-state index contributed by atoms with van der Waals surface area (Å²) >= 11 is 0. The molecule has 0 aliphatic heterocycles. The van der Waals surface area contributed by atoms with E-state index in [0.29, 0.717) is 0 Å². The van der Waals surface area contributed by atoms with Crippen molar-refractivity contribution in [3.05, 3.63) is 47.5 Å². The van der Waals surface area contributed by atoms with Crippen LogP contribution in [0.5, 0.6) is 0 Å². The molecule has 0 bridgehead atoms. The van der Waals surface area contributed by atoms with Crippen molar-refractivity contribution in [2.45, 2.75) is 13.3 Å². The van der Waals surface area contributed by atoms with Gasteiger partial charge in [0.1, 0.15) is 6.29 Å². The van der Waals surface area contributed by atoms with Crippen LogP contribution in [0.25, 0.3) is 10.8 Å². The zero-order valence-electron chi connectivity index (χ0n) is 8.16. The Morgan fingerprint density at radius 2 is 1.79 bits per heavy atom. The minimum atomic E-state index is 0.738. The predicted octanol–water partition coefficient (Wildman–Crippen LogP) is 3.21. The Morgan fingerprint density at radius 1 is 1.07 bits per heavy atom. The summed E-state index contributed by atoms with van der Waals surface area (Å²) in [4.78, 5) is 10.6. The largest absolute Gasteiger partial charge is 0.298 e. The summed E-state index contributed by atoms with van der Waals surface area (Å²) in [6.45, 7) is 2.14. The highest BCUT2D eigenvalue weighted by molar-refractivity contribution is 5.89. The number of carbonyl (C=O) groups is 1. The number of carbonyl (C=O) groups excluding carboxylic acids is 1. The van der Waals surface area contributed by atoms with Crippen molar-refractivity contribution in [1.82, 2.24) is 0 Å². The monoisotopic (exact) mass is 184 g/mol. The average molecular weight is 184 g/mol. The molecule has 1 heteroatoms. The van der Waals surface area contributed by atoms with E-state index in [0.717, 1.165) is 23.7 Å². The zero-order chi connectivity index (χ0) is 9.97. The first-order valence-electron chi connectivity index (χ1n) is 4.81. The van der Waals surface area contributed by atoms with E-state index < -0.39 is 0 Å². The van der Waals surface area contributed by atoms with Gasteiger partial charge in [-0.1, -0.05) is 37.3 Å². The van der Waals surface area contributed by atoms with Crippen LogP contribution >= 0.6 is 0 Å². The highest BCUT2D eigenvalue weighted by Crippen LogP contribution is 2.17. The van der Waals surface area contributed by atoms with Gasteiger partial charge in [-0.25, -0.2) is 0 Å². The first-order valence-corrected chi connectivity index (χ1v) is 4.81. The quantitative estimate of drug-likeness (QED) is 0.655. The molecule has 1 nitrogen and oxygen atoms in total. The summed E-state index contributed by atoms with van der Waals surface area (Å²) in [6.07, 6.45) is 1.93. The van der Waals surface area contributed by atoms with Crippen molar-refractivity contribution in [1.29, 1.82) is 0 Å². The molecule has 0 saturated carbocycles. The SMILES string of the molecule is CCc1ccc2cc(C=O)ccc2c1. The lowest BCUT2D eigenvalue weighted by atomic mass is 10.0. The lowest BCUT2D eigenvalue weighted by molar-refractivity contribution is 0.112. The zero-order valence-corrected chi connectivity index (χ0v) is 8.16. The van der Waals surface area contributed by atoms with Gasteiger partial charge in [0.15, 0.2) is 0 Å². The smallest absolute Gasteiger partial charge is 0.150 e. The van der Waals surface area contributed by atoms with Crippen LogP contribution < -0.4 is 0 Å². The number of rotatable bonds is 2. The minimum absolute atomic E-state index is 0.738. The third kappa shape index (κ3) is 1.53. The summed E-state index contributed by atoms with van der Waals surface area (Å²) in [7, 11) is 0. The fourth-order valence-corrected chi connectivity index (χ4v) is 1.61. The van der Waals surface area contributed by atoms with E-state index >= 15 is 0 Å². The molecule has 0 N–H and O–H groups in total. The van der Waals surface area contributed by atoms with E-state index in [2.05, 4.69) is 25.1 Å². The molecule has 14 heavy (non-hydrogen) atoms. The van der Waals surface area contributed by atoms with E-state index in [4.69, 9.17) is 0 Å². The molecule has 2 aromatic rings. The van der Waals surface area contributed by atoms with Crippen LogP contribution in [0.3, 0.4) is 0 Å². The maximum Gasteiger partial charge on any atom is 0.150 e. The fraction of sp³-hybridized carbons (Fsp3) is 0.154. The van der Waals surface area contributed by atoms with Gasteiger partial charge in [-0.15, -0.1) is 0 Å². The normalized spacial score (nSPS) is 10.4. The van der Waals surface area contributed by atoms with Crippen LogP contribution in [-0.2, 0) is 6.42 Å². The molecule has 0 spiro atoms. The summed E-state index contributed by atoms with van der Waals surface area (Å²) in [5, 5.41) is 2.33. The minimum Gasteiger partial charge on any atom is -0.298 e. The molecule has 0 fully saturated rings. The Bertz CT molecular complexity index is 472. The van der Waals surface area contributed by atoms with Crippen molar-refractivity contribution < 1.29 is 4.79 Å². The molecule has 2 aromatic carbocycles. The maximum absolute atomic E-state index is 10.6. The highest BCUT2D eigenvalue weighted by atomic mass is 16.1. The second-order valence-corrected chi connectivity index (χ2v) is 3.41. The molecular formula is C13H12O. The number of benzene rings is 2. The van der Waals surface area contributed by atoms with Crippen LogP contribution in [0.2, 0.25) is 0 Å². The molecule has 0 radical (unpaired) electrons. The molecule has 0 aromatic heterocycles. The third-order valence-corrected chi connectivity index (χ3v) is 2.47. The van der Waals surface area contributed by atoms with Gasteiger partial charge in [0.25, 0.3) is 0 Å². The molecular weight excluding hydrogens is 172 g/mol. The van der Waals surface area contributed by atoms with Gasteiger partial charge >= 0.3 is 0 Å². The Kier molecular flexibility index (Phi) is 2.32. The lowest BCUT2D eigenvalue weighted by Crippen LogP contribution is -1.83. The van der Waals surface area contributed by atoms with Crippen LogP contribution in [0.4, 0.5) is 0 Å². The second-order valence-electron chi connectivity index (χ2n) is 3.41. The average Bonchev–Trinajstić information content (AvgIpc) is 2.27. The van der Waals surface area contributed by atoms with Gasteiger partial charge < -0.3 is 0 Å². The van der Waals surface area contributed by atoms with Crippen LogP contribution in [0.15, 0.2) is 36.4 Å². The molecule has 0 saturated heterocycles. The Labute approximate surface area is 83.4 Å². The van der Waals surface area contributed by atoms with Crippen LogP contribution in [0, 0.1) is 0 Å². The summed E-state index contributed by atoms with van der Waals surface area (Å²) in [5.41, 5.74) is 2.07. The lowest BCUT2D eigenvalue weighted by Gasteiger charge is -2.01. The summed E-state index contributed by atoms with van der Waals surface area (Å²) in [5.74, 6) is 0. The molecule has 0 atom stereocenters. The number of aldehydes is 1. The molecule has 0 aliphatic rings. The maximum atomic E-state index is 10.6. The number of hydrogen-bond donors (Lipinski definition) is 0. The first-order chi connectivity index (χ1) is 6.83. The van der Waals surface area contributed by atoms with Gasteiger partial charge in [0, 0.05) is 5.56 Å². The van der Waals surface area contributed by atoms with Gasteiger partial charge in [-0.2, -0.15) is 0 Å². The Hall–Kier alpha value is -1.63. The van der Waals surface area contributed by atoms with Crippen molar-refractivity contribution >= 4 is 17.1 Å². The number of fused-ring (bicyclic) bond motifs is 1. The number of aryl methyl sites for hydroxylation is 1. The van der Waals surface area contributed by atoms with Crippen LogP contribution in [0.1, 0.15) is 22.8 Å². The third-order valence-electron chi connectivity index (χ3n) is 2.47. The number of hydrogen-bond acceptors (Lipinski definition) is 1. The summed E-state index contributed by atoms with van der Waals surface area (Å²) < 4.78 is 0. The van der Waals surface area contributed by atoms with Gasteiger partial charge in [-0.05, 0) is 28.8 Å². The van der Waals surface area contributed by atoms with E-state index in [1.165, 1.54) is 10.9 Å². The molecule has 0 aliphatic carbocycles. The summed E-state index contributed by atoms with van der Waals surface area (Å²) in [6, 6.07) is 12.1. The van der Waals surface area contributed by atoms with E-state index in [1.807, 2.05) is 18.2 Å². The van der Waals surface area contributed by atoms with Crippen molar-refractivity contribution in [3.63, 3.8) is 0 Å². The van der Waals surface area contributed by atoms with Gasteiger partial charge in [0.2, 0.25) is 0 Å². The first kappa shape index (κ1) is 8.95. The van der Waals surface area contributed by atoms with Crippen molar-refractivity contribution in [3.8, 4) is 0 Å². The van der Waals surface area contributed by atoms with Crippen LogP contribution in [-0.4, -0.2) is 6.29 Å². The van der Waals surface area contributed by atoms with Crippen molar-refractivity contribution in [2.24, 2.45) is 0 Å². The predicted molar refractivity (Wildman–Crippen MR) is 58.7 cm³/mol. The molecule has 0 heterocycles. The van der Waals surface area contributed by atoms with E-state index in [1.54, 1.807) is 0 Å². The molecule has 0 unspecified atom stereocenters. The highest BCUT2D eigenvalue weighted by Gasteiger charge is 1.96. The van der Waals surface area contributed by atoms with Gasteiger partial charge in [0.05, 0.1) is 0 Å². The standard InChI is InChI=1S/C13H12O/c1-2-10-3-5-13-8-11(9-14)4-6-12(13)7-10/h3-9H,2H2,1H3. The van der Waals surface area contributed by atoms with E-state index in [9.17, 15) is 4.79 Å².